The Balaban J connectivity index is 1.44. The fraction of sp³-hybridized carbons (Fsp3) is 0.267. The van der Waals surface area contributed by atoms with Crippen LogP contribution in [-0.4, -0.2) is 60.2 Å². The van der Waals surface area contributed by atoms with E-state index in [-0.39, 0.29) is 24.1 Å². The van der Waals surface area contributed by atoms with Crippen LogP contribution in [0, 0.1) is 0 Å². The highest BCUT2D eigenvalue weighted by molar-refractivity contribution is 6.45. The molecule has 6 nitrogen and oxygen atoms in total. The minimum absolute atomic E-state index is 0.105. The Labute approximate surface area is 231 Å². The van der Waals surface area contributed by atoms with Gasteiger partial charge >= 0.3 is 0 Å². The lowest BCUT2D eigenvalue weighted by molar-refractivity contribution is -0.133. The van der Waals surface area contributed by atoms with Gasteiger partial charge in [-0.15, -0.1) is 0 Å². The molecule has 1 aromatic heterocycles. The van der Waals surface area contributed by atoms with Crippen molar-refractivity contribution in [2.75, 3.05) is 39.9 Å². The Bertz CT molecular complexity index is 1480. The maximum atomic E-state index is 13.7. The van der Waals surface area contributed by atoms with E-state index >= 15 is 0 Å². The number of ether oxygens (including phenoxy) is 1. The van der Waals surface area contributed by atoms with Gasteiger partial charge in [0.1, 0.15) is 6.54 Å². The van der Waals surface area contributed by atoms with Gasteiger partial charge in [-0.3, -0.25) is 19.1 Å². The second-order valence-corrected chi connectivity index (χ2v) is 10.3. The number of pyridine rings is 1. The third-order valence-electron chi connectivity index (χ3n) is 7.15. The van der Waals surface area contributed by atoms with Gasteiger partial charge in [0.2, 0.25) is 5.91 Å². The molecule has 1 aliphatic heterocycles. The molecule has 8 heteroatoms. The van der Waals surface area contributed by atoms with E-state index in [1.165, 1.54) is 10.6 Å². The van der Waals surface area contributed by atoms with Crippen molar-refractivity contribution in [3.05, 3.63) is 105 Å². The number of fused-ring (bicyclic) bond motifs is 1. The number of carbonyl (C=O) groups excluding carboxylic acids is 1. The summed E-state index contributed by atoms with van der Waals surface area (Å²) < 4.78 is 6.99. The third kappa shape index (κ3) is 5.64. The predicted molar refractivity (Wildman–Crippen MR) is 153 cm³/mol. The van der Waals surface area contributed by atoms with Gasteiger partial charge in [-0.25, -0.2) is 0 Å². The molecule has 1 amide bonds. The lowest BCUT2D eigenvalue weighted by atomic mass is 9.99. The van der Waals surface area contributed by atoms with E-state index in [4.69, 9.17) is 27.9 Å². The van der Waals surface area contributed by atoms with Gasteiger partial charge in [-0.2, -0.15) is 0 Å². The number of amides is 1. The topological polar surface area (TPSA) is 54.8 Å². The highest BCUT2D eigenvalue weighted by Crippen LogP contribution is 2.30. The van der Waals surface area contributed by atoms with Crippen LogP contribution < -0.4 is 5.56 Å². The largest absolute Gasteiger partial charge is 0.379 e. The van der Waals surface area contributed by atoms with Crippen LogP contribution in [0.4, 0.5) is 0 Å². The number of hydrogen-bond acceptors (Lipinski definition) is 4. The third-order valence-corrected chi connectivity index (χ3v) is 7.97. The Morgan fingerprint density at radius 3 is 2.32 bits per heavy atom. The van der Waals surface area contributed by atoms with Crippen LogP contribution in [0.5, 0.6) is 0 Å². The molecule has 38 heavy (non-hydrogen) atoms. The van der Waals surface area contributed by atoms with Gasteiger partial charge < -0.3 is 9.64 Å². The van der Waals surface area contributed by atoms with E-state index in [1.54, 1.807) is 30.1 Å². The summed E-state index contributed by atoms with van der Waals surface area (Å²) in [6, 6.07) is 24.8. The molecular weight excluding hydrogens is 521 g/mol. The van der Waals surface area contributed by atoms with Crippen LogP contribution in [-0.2, 0) is 16.1 Å². The van der Waals surface area contributed by atoms with Gasteiger partial charge in [0.05, 0.1) is 34.8 Å². The number of morpholine rings is 1. The van der Waals surface area contributed by atoms with Crippen molar-refractivity contribution in [1.29, 1.82) is 0 Å². The molecule has 3 aromatic carbocycles. The summed E-state index contributed by atoms with van der Waals surface area (Å²) >= 11 is 12.6. The highest BCUT2D eigenvalue weighted by Gasteiger charge is 2.26. The molecule has 5 rings (SSSR count). The summed E-state index contributed by atoms with van der Waals surface area (Å²) in [5, 5.41) is 1.40. The van der Waals surface area contributed by atoms with Gasteiger partial charge in [0.25, 0.3) is 5.56 Å². The van der Waals surface area contributed by atoms with Crippen LogP contribution >= 0.6 is 23.2 Å². The van der Waals surface area contributed by atoms with E-state index in [9.17, 15) is 9.59 Å². The Morgan fingerprint density at radius 2 is 1.61 bits per heavy atom. The molecule has 0 N–H and O–H groups in total. The van der Waals surface area contributed by atoms with Gasteiger partial charge in [0, 0.05) is 38.1 Å². The second kappa shape index (κ2) is 11.7. The standard InChI is InChI=1S/C30H29Cl2N3O3/c1-33(29(37)20-35-26-13-12-25(31)30(32)24(26)11-14-28(35)36)27(19-34-15-17-38-18-16-34)23-9-7-22(8-10-23)21-5-3-2-4-6-21/h2-14,27H,15-20H2,1H3. The highest BCUT2D eigenvalue weighted by atomic mass is 35.5. The molecular formula is C30H29Cl2N3O3. The first kappa shape index (κ1) is 26.4. The number of aromatic nitrogens is 1. The minimum atomic E-state index is -0.269. The van der Waals surface area contributed by atoms with Crippen LogP contribution in [0.1, 0.15) is 11.6 Å². The molecule has 196 valence electrons. The van der Waals surface area contributed by atoms with Gasteiger partial charge in [-0.1, -0.05) is 77.8 Å². The number of nitrogens with zero attached hydrogens (tertiary/aromatic N) is 3. The zero-order valence-electron chi connectivity index (χ0n) is 21.1. The van der Waals surface area contributed by atoms with Crippen molar-refractivity contribution in [3.63, 3.8) is 0 Å². The summed E-state index contributed by atoms with van der Waals surface area (Å²) in [5.41, 5.74) is 3.60. The van der Waals surface area contributed by atoms with E-state index in [2.05, 4.69) is 41.3 Å². The van der Waals surface area contributed by atoms with Crippen molar-refractivity contribution in [1.82, 2.24) is 14.4 Å². The number of halogens is 2. The summed E-state index contributed by atoms with van der Waals surface area (Å²) in [6.45, 7) is 3.53. The van der Waals surface area contributed by atoms with E-state index < -0.39 is 0 Å². The zero-order chi connectivity index (χ0) is 26.6. The molecule has 0 radical (unpaired) electrons. The average Bonchev–Trinajstić information content (AvgIpc) is 2.96. The lowest BCUT2D eigenvalue weighted by Gasteiger charge is -2.35. The maximum Gasteiger partial charge on any atom is 0.251 e. The maximum absolute atomic E-state index is 13.7. The Morgan fingerprint density at radius 1 is 0.921 bits per heavy atom. The van der Waals surface area contributed by atoms with Gasteiger partial charge in [-0.05, 0) is 34.9 Å². The first-order chi connectivity index (χ1) is 18.4. The van der Waals surface area contributed by atoms with E-state index in [0.29, 0.717) is 40.7 Å². The lowest BCUT2D eigenvalue weighted by Crippen LogP contribution is -2.45. The molecule has 0 aliphatic carbocycles. The van der Waals surface area contributed by atoms with Crippen molar-refractivity contribution in [2.24, 2.45) is 0 Å². The molecule has 0 bridgehead atoms. The normalized spacial score (nSPS) is 14.9. The van der Waals surface area contributed by atoms with Crippen molar-refractivity contribution >= 4 is 40.0 Å². The van der Waals surface area contributed by atoms with Crippen molar-refractivity contribution in [3.8, 4) is 11.1 Å². The molecule has 0 saturated carbocycles. The Kier molecular flexibility index (Phi) is 8.15. The monoisotopic (exact) mass is 549 g/mol. The zero-order valence-corrected chi connectivity index (χ0v) is 22.7. The average molecular weight is 550 g/mol. The molecule has 1 atom stereocenters. The summed E-state index contributed by atoms with van der Waals surface area (Å²) in [6.07, 6.45) is 0. The predicted octanol–water partition coefficient (Wildman–Crippen LogP) is 5.51. The fourth-order valence-corrected chi connectivity index (χ4v) is 5.29. The van der Waals surface area contributed by atoms with E-state index in [1.807, 2.05) is 18.2 Å². The van der Waals surface area contributed by atoms with Crippen LogP contribution in [0.2, 0.25) is 10.0 Å². The fourth-order valence-electron chi connectivity index (χ4n) is 4.91. The number of hydrogen-bond donors (Lipinski definition) is 0. The number of carbonyl (C=O) groups is 1. The number of likely N-dealkylation sites (N-methyl/N-ethyl adjacent to an activating group) is 1. The Hall–Kier alpha value is -3.16. The summed E-state index contributed by atoms with van der Waals surface area (Å²) in [4.78, 5) is 30.5. The molecule has 1 aliphatic rings. The van der Waals surface area contributed by atoms with Gasteiger partial charge in [0.15, 0.2) is 0 Å². The van der Waals surface area contributed by atoms with Crippen molar-refractivity contribution < 1.29 is 9.53 Å². The van der Waals surface area contributed by atoms with Crippen LogP contribution in [0.15, 0.2) is 83.7 Å². The van der Waals surface area contributed by atoms with Crippen molar-refractivity contribution in [2.45, 2.75) is 12.6 Å². The summed E-state index contributed by atoms with van der Waals surface area (Å²) in [7, 11) is 1.80. The molecule has 4 aromatic rings. The molecule has 2 heterocycles. The first-order valence-electron chi connectivity index (χ1n) is 12.6. The molecule has 0 spiro atoms. The van der Waals surface area contributed by atoms with E-state index in [0.717, 1.165) is 29.8 Å². The summed E-state index contributed by atoms with van der Waals surface area (Å²) in [5.74, 6) is -0.170. The minimum Gasteiger partial charge on any atom is -0.379 e. The second-order valence-electron chi connectivity index (χ2n) is 9.47. The molecule has 1 unspecified atom stereocenters. The number of benzene rings is 3. The quantitative estimate of drug-likeness (QED) is 0.305. The number of rotatable bonds is 7. The first-order valence-corrected chi connectivity index (χ1v) is 13.4. The smallest absolute Gasteiger partial charge is 0.251 e. The SMILES string of the molecule is CN(C(=O)Cn1c(=O)ccc2c(Cl)c(Cl)ccc21)C(CN1CCOCC1)c1ccc(-c2ccccc2)cc1. The van der Waals surface area contributed by atoms with Crippen LogP contribution in [0.25, 0.3) is 22.0 Å². The molecule has 1 saturated heterocycles. The molecule has 1 fully saturated rings. The van der Waals surface area contributed by atoms with Crippen LogP contribution in [0.3, 0.4) is 0 Å².